The largest absolute Gasteiger partial charge is 0.493 e. The highest BCUT2D eigenvalue weighted by atomic mass is 79.9. The number of halogens is 1. The minimum atomic E-state index is -0.250. The highest BCUT2D eigenvalue weighted by molar-refractivity contribution is 9.09. The molecule has 0 atom stereocenters. The van der Waals surface area contributed by atoms with Crippen LogP contribution in [0.4, 0.5) is 5.69 Å². The van der Waals surface area contributed by atoms with E-state index >= 15 is 0 Å². The van der Waals surface area contributed by atoms with Gasteiger partial charge in [-0.3, -0.25) is 4.79 Å². The smallest absolute Gasteiger partial charge is 0.227 e. The van der Waals surface area contributed by atoms with E-state index in [4.69, 9.17) is 4.74 Å². The summed E-state index contributed by atoms with van der Waals surface area (Å²) in [5.41, 5.74) is 2.16. The molecule has 0 radical (unpaired) electrons. The second-order valence-electron chi connectivity index (χ2n) is 5.37. The van der Waals surface area contributed by atoms with Gasteiger partial charge in [0.2, 0.25) is 5.91 Å². The maximum absolute atomic E-state index is 12.2. The molecule has 0 bridgehead atoms. The summed E-state index contributed by atoms with van der Waals surface area (Å²) in [6.45, 7) is 0.635. The van der Waals surface area contributed by atoms with Gasteiger partial charge in [0.1, 0.15) is 5.75 Å². The number of anilines is 1. The molecule has 5 heteroatoms. The summed E-state index contributed by atoms with van der Waals surface area (Å²) in [6, 6.07) is 6.08. The summed E-state index contributed by atoms with van der Waals surface area (Å²) in [5, 5.41) is 10.3. The Kier molecular flexibility index (Phi) is 3.98. The number of amides is 1. The van der Waals surface area contributed by atoms with Crippen LogP contribution in [0, 0.1) is 0 Å². The molecular weight excluding hydrogens is 322 g/mol. The number of benzene rings is 1. The van der Waals surface area contributed by atoms with Crippen molar-refractivity contribution >= 4 is 27.5 Å². The zero-order chi connectivity index (χ0) is 14.1. The molecule has 20 heavy (non-hydrogen) atoms. The molecule has 0 spiro atoms. The molecule has 0 saturated heterocycles. The maximum Gasteiger partial charge on any atom is 0.227 e. The van der Waals surface area contributed by atoms with E-state index in [-0.39, 0.29) is 18.1 Å². The maximum atomic E-state index is 12.2. The first-order valence-corrected chi connectivity index (χ1v) is 8.13. The monoisotopic (exact) mass is 339 g/mol. The van der Waals surface area contributed by atoms with Gasteiger partial charge in [-0.1, -0.05) is 15.9 Å². The van der Waals surface area contributed by atoms with Crippen LogP contribution < -0.4 is 9.64 Å². The molecule has 4 nitrogen and oxygen atoms in total. The Morgan fingerprint density at radius 3 is 2.85 bits per heavy atom. The van der Waals surface area contributed by atoms with Crippen LogP contribution in [0.25, 0.3) is 0 Å². The van der Waals surface area contributed by atoms with E-state index in [0.29, 0.717) is 25.9 Å². The molecule has 1 fully saturated rings. The normalized spacial score (nSPS) is 25.1. The fraction of sp³-hybridized carbons (Fsp3) is 0.533. The van der Waals surface area contributed by atoms with Gasteiger partial charge in [0.25, 0.3) is 0 Å². The summed E-state index contributed by atoms with van der Waals surface area (Å²) in [5.74, 6) is 1.02. The Labute approximate surface area is 126 Å². The Bertz CT molecular complexity index is 514. The number of aryl methyl sites for hydroxylation is 1. The minimum Gasteiger partial charge on any atom is -0.493 e. The molecular formula is C15H18BrNO3. The molecule has 108 valence electrons. The Hall–Kier alpha value is -1.07. The lowest BCUT2D eigenvalue weighted by Gasteiger charge is -2.43. The molecule has 0 aromatic heterocycles. The fourth-order valence-corrected chi connectivity index (χ4v) is 3.07. The summed E-state index contributed by atoms with van der Waals surface area (Å²) in [6.07, 6.45) is 2.44. The number of nitrogens with zero attached hydrogens (tertiary/aromatic N) is 1. The number of aliphatic hydroxyl groups excluding tert-OH is 1. The molecule has 3 rings (SSSR count). The van der Waals surface area contributed by atoms with Gasteiger partial charge >= 0.3 is 0 Å². The SMILES string of the molecule is O=C1CCc2cc(OCCBr)ccc2N1[C@H]1C[C@@H](O)C1. The Morgan fingerprint density at radius 1 is 1.35 bits per heavy atom. The quantitative estimate of drug-likeness (QED) is 0.856. The van der Waals surface area contributed by atoms with Crippen molar-refractivity contribution in [2.45, 2.75) is 37.8 Å². The van der Waals surface area contributed by atoms with Gasteiger partial charge < -0.3 is 14.7 Å². The molecule has 1 N–H and O–H groups in total. The van der Waals surface area contributed by atoms with E-state index in [1.54, 1.807) is 0 Å². The van der Waals surface area contributed by atoms with Gasteiger partial charge in [-0.05, 0) is 43.0 Å². The van der Waals surface area contributed by atoms with Gasteiger partial charge in [-0.2, -0.15) is 0 Å². The third-order valence-electron chi connectivity index (χ3n) is 3.99. The first-order valence-electron chi connectivity index (χ1n) is 7.01. The van der Waals surface area contributed by atoms with Crippen molar-refractivity contribution in [3.63, 3.8) is 0 Å². The van der Waals surface area contributed by atoms with E-state index in [0.717, 1.165) is 28.8 Å². The number of hydrogen-bond acceptors (Lipinski definition) is 3. The lowest BCUT2D eigenvalue weighted by molar-refractivity contribution is -0.120. The molecule has 1 saturated carbocycles. The Balaban J connectivity index is 1.83. The van der Waals surface area contributed by atoms with Crippen molar-refractivity contribution in [1.29, 1.82) is 0 Å². The number of fused-ring (bicyclic) bond motifs is 1. The van der Waals surface area contributed by atoms with Crippen LogP contribution in [0.3, 0.4) is 0 Å². The molecule has 1 aliphatic heterocycles. The zero-order valence-electron chi connectivity index (χ0n) is 11.2. The summed E-state index contributed by atoms with van der Waals surface area (Å²) in [7, 11) is 0. The molecule has 1 aliphatic carbocycles. The molecule has 1 aromatic carbocycles. The summed E-state index contributed by atoms with van der Waals surface area (Å²) < 4.78 is 5.61. The van der Waals surface area contributed by atoms with Crippen molar-refractivity contribution in [3.05, 3.63) is 23.8 Å². The van der Waals surface area contributed by atoms with Crippen LogP contribution in [0.5, 0.6) is 5.75 Å². The number of carbonyl (C=O) groups excluding carboxylic acids is 1. The van der Waals surface area contributed by atoms with Gasteiger partial charge in [-0.15, -0.1) is 0 Å². The van der Waals surface area contributed by atoms with Crippen LogP contribution in [0.1, 0.15) is 24.8 Å². The van der Waals surface area contributed by atoms with Gasteiger partial charge in [0.05, 0.1) is 12.7 Å². The van der Waals surface area contributed by atoms with Crippen molar-refractivity contribution in [2.24, 2.45) is 0 Å². The highest BCUT2D eigenvalue weighted by Gasteiger charge is 2.38. The third kappa shape index (κ3) is 2.56. The minimum absolute atomic E-state index is 0.158. The number of aliphatic hydroxyl groups is 1. The van der Waals surface area contributed by atoms with Crippen LogP contribution >= 0.6 is 15.9 Å². The summed E-state index contributed by atoms with van der Waals surface area (Å²) >= 11 is 3.34. The second kappa shape index (κ2) is 5.74. The van der Waals surface area contributed by atoms with E-state index in [2.05, 4.69) is 15.9 Å². The van der Waals surface area contributed by atoms with E-state index in [9.17, 15) is 9.90 Å². The lowest BCUT2D eigenvalue weighted by atomic mass is 9.85. The topological polar surface area (TPSA) is 49.8 Å². The molecule has 1 heterocycles. The van der Waals surface area contributed by atoms with E-state index in [1.807, 2.05) is 23.1 Å². The first kappa shape index (κ1) is 13.9. The number of carbonyl (C=O) groups is 1. The average Bonchev–Trinajstić information content (AvgIpc) is 2.42. The van der Waals surface area contributed by atoms with E-state index < -0.39 is 0 Å². The van der Waals surface area contributed by atoms with Crippen molar-refractivity contribution < 1.29 is 14.6 Å². The van der Waals surface area contributed by atoms with Gasteiger partial charge in [0.15, 0.2) is 0 Å². The highest BCUT2D eigenvalue weighted by Crippen LogP contribution is 2.37. The molecule has 2 aliphatic rings. The van der Waals surface area contributed by atoms with Crippen LogP contribution in [0.15, 0.2) is 18.2 Å². The van der Waals surface area contributed by atoms with Crippen LogP contribution in [-0.2, 0) is 11.2 Å². The third-order valence-corrected chi connectivity index (χ3v) is 4.31. The van der Waals surface area contributed by atoms with Crippen molar-refractivity contribution in [3.8, 4) is 5.75 Å². The average molecular weight is 340 g/mol. The predicted octanol–water partition coefficient (Wildman–Crippen LogP) is 2.26. The number of rotatable bonds is 4. The van der Waals surface area contributed by atoms with Gasteiger partial charge in [0, 0.05) is 23.5 Å². The van der Waals surface area contributed by atoms with Crippen molar-refractivity contribution in [1.82, 2.24) is 0 Å². The van der Waals surface area contributed by atoms with E-state index in [1.165, 1.54) is 0 Å². The fourth-order valence-electron chi connectivity index (χ4n) is 2.91. The standard InChI is InChI=1S/C15H18BrNO3/c16-5-6-20-13-2-3-14-10(7-13)1-4-15(19)17(14)11-8-12(18)9-11/h2-3,7,11-12,18H,1,4-6,8-9H2/t11-,12+. The van der Waals surface area contributed by atoms with Crippen LogP contribution in [0.2, 0.25) is 0 Å². The number of alkyl halides is 1. The number of ether oxygens (including phenoxy) is 1. The predicted molar refractivity (Wildman–Crippen MR) is 80.6 cm³/mol. The number of hydrogen-bond donors (Lipinski definition) is 1. The zero-order valence-corrected chi connectivity index (χ0v) is 12.8. The Morgan fingerprint density at radius 2 is 2.15 bits per heavy atom. The lowest BCUT2D eigenvalue weighted by Crippen LogP contribution is -2.51. The van der Waals surface area contributed by atoms with Crippen LogP contribution in [-0.4, -0.2) is 35.1 Å². The first-order chi connectivity index (χ1) is 9.69. The molecule has 1 amide bonds. The molecule has 0 unspecified atom stereocenters. The molecule has 1 aromatic rings. The summed E-state index contributed by atoms with van der Waals surface area (Å²) in [4.78, 5) is 14.0. The second-order valence-corrected chi connectivity index (χ2v) is 6.16. The van der Waals surface area contributed by atoms with Crippen molar-refractivity contribution in [2.75, 3.05) is 16.8 Å². The van der Waals surface area contributed by atoms with Gasteiger partial charge in [-0.25, -0.2) is 0 Å².